The predicted molar refractivity (Wildman–Crippen MR) is 94.9 cm³/mol. The summed E-state index contributed by atoms with van der Waals surface area (Å²) in [4.78, 5) is 13.4. The molecule has 3 rings (SSSR count). The van der Waals surface area contributed by atoms with Crippen LogP contribution in [-0.2, 0) is 11.2 Å². The lowest BCUT2D eigenvalue weighted by molar-refractivity contribution is 0.00471. The molecule has 0 atom stereocenters. The summed E-state index contributed by atoms with van der Waals surface area (Å²) in [5.74, 6) is 0. The average molecular weight is 346 g/mol. The van der Waals surface area contributed by atoms with E-state index >= 15 is 0 Å². The number of ether oxygens (including phenoxy) is 1. The van der Waals surface area contributed by atoms with Gasteiger partial charge in [0.1, 0.15) is 16.6 Å². The van der Waals surface area contributed by atoms with E-state index in [0.29, 0.717) is 17.5 Å². The van der Waals surface area contributed by atoms with Crippen molar-refractivity contribution >= 4 is 17.1 Å². The molecule has 1 aromatic heterocycles. The molecule has 0 spiro atoms. The SMILES string of the molecule is CC(C)(C)OC(=O)Nn1nnc2cccc(CC3(O)CCCCC3)c21. The molecule has 1 heterocycles. The summed E-state index contributed by atoms with van der Waals surface area (Å²) in [7, 11) is 0. The zero-order chi connectivity index (χ0) is 18.1. The van der Waals surface area contributed by atoms with Crippen LogP contribution in [0.5, 0.6) is 0 Å². The van der Waals surface area contributed by atoms with Crippen LogP contribution < -0.4 is 5.43 Å². The average Bonchev–Trinajstić information content (AvgIpc) is 2.90. The minimum absolute atomic E-state index is 0.522. The largest absolute Gasteiger partial charge is 0.443 e. The van der Waals surface area contributed by atoms with Gasteiger partial charge in [-0.1, -0.05) is 31.4 Å². The summed E-state index contributed by atoms with van der Waals surface area (Å²) < 4.78 is 5.28. The minimum Gasteiger partial charge on any atom is -0.443 e. The van der Waals surface area contributed by atoms with Gasteiger partial charge in [-0.2, -0.15) is 0 Å². The monoisotopic (exact) mass is 346 g/mol. The van der Waals surface area contributed by atoms with Gasteiger partial charge in [0.2, 0.25) is 0 Å². The second-order valence-corrected chi connectivity index (χ2v) is 7.86. The van der Waals surface area contributed by atoms with Gasteiger partial charge in [0, 0.05) is 6.42 Å². The molecule has 0 saturated heterocycles. The smallest absolute Gasteiger partial charge is 0.428 e. The first-order chi connectivity index (χ1) is 11.8. The van der Waals surface area contributed by atoms with Gasteiger partial charge in [-0.25, -0.2) is 10.2 Å². The van der Waals surface area contributed by atoms with Crippen LogP contribution in [0.3, 0.4) is 0 Å². The number of fused-ring (bicyclic) bond motifs is 1. The Morgan fingerprint density at radius 3 is 2.72 bits per heavy atom. The van der Waals surface area contributed by atoms with E-state index in [1.165, 1.54) is 11.2 Å². The first kappa shape index (κ1) is 17.7. The Labute approximate surface area is 147 Å². The molecule has 2 N–H and O–H groups in total. The lowest BCUT2D eigenvalue weighted by Gasteiger charge is -2.32. The Kier molecular flexibility index (Phi) is 4.69. The molecular weight excluding hydrogens is 320 g/mol. The van der Waals surface area contributed by atoms with Crippen molar-refractivity contribution in [3.05, 3.63) is 23.8 Å². The quantitative estimate of drug-likeness (QED) is 0.891. The third-order valence-corrected chi connectivity index (χ3v) is 4.45. The van der Waals surface area contributed by atoms with E-state index in [1.54, 1.807) is 20.8 Å². The second kappa shape index (κ2) is 6.63. The second-order valence-electron chi connectivity index (χ2n) is 7.86. The van der Waals surface area contributed by atoms with Crippen LogP contribution in [0.15, 0.2) is 18.2 Å². The molecule has 1 aromatic carbocycles. The molecule has 0 radical (unpaired) electrons. The molecule has 1 amide bonds. The summed E-state index contributed by atoms with van der Waals surface area (Å²) in [5, 5.41) is 19.0. The molecule has 7 nitrogen and oxygen atoms in total. The normalized spacial score (nSPS) is 17.4. The van der Waals surface area contributed by atoms with Crippen molar-refractivity contribution in [1.82, 2.24) is 15.1 Å². The third-order valence-electron chi connectivity index (χ3n) is 4.45. The standard InChI is InChI=1S/C18H26N4O3/c1-17(2,3)25-16(23)20-22-15-13(8-7-9-14(15)19-21-22)12-18(24)10-5-4-6-11-18/h7-9,24H,4-6,10-12H2,1-3H3,(H,20,23). The summed E-state index contributed by atoms with van der Waals surface area (Å²) in [5.41, 5.74) is 3.61. The lowest BCUT2D eigenvalue weighted by Crippen LogP contribution is -2.34. The van der Waals surface area contributed by atoms with E-state index in [0.717, 1.165) is 31.2 Å². The maximum absolute atomic E-state index is 12.1. The highest BCUT2D eigenvalue weighted by Gasteiger charge is 2.30. The highest BCUT2D eigenvalue weighted by Crippen LogP contribution is 2.32. The zero-order valence-corrected chi connectivity index (χ0v) is 15.1. The van der Waals surface area contributed by atoms with Crippen LogP contribution >= 0.6 is 0 Å². The molecule has 25 heavy (non-hydrogen) atoms. The van der Waals surface area contributed by atoms with Gasteiger partial charge in [-0.15, -0.1) is 9.89 Å². The van der Waals surface area contributed by atoms with Crippen molar-refractivity contribution in [2.45, 2.75) is 70.5 Å². The van der Waals surface area contributed by atoms with Crippen molar-refractivity contribution in [1.29, 1.82) is 0 Å². The number of aromatic nitrogens is 3. The van der Waals surface area contributed by atoms with E-state index in [2.05, 4.69) is 15.7 Å². The molecule has 0 bridgehead atoms. The van der Waals surface area contributed by atoms with Gasteiger partial charge in [0.25, 0.3) is 0 Å². The van der Waals surface area contributed by atoms with Crippen molar-refractivity contribution in [2.75, 3.05) is 5.43 Å². The maximum atomic E-state index is 12.1. The number of nitrogens with zero attached hydrogens (tertiary/aromatic N) is 3. The Morgan fingerprint density at radius 1 is 1.32 bits per heavy atom. The van der Waals surface area contributed by atoms with Gasteiger partial charge in [-0.3, -0.25) is 0 Å². The fraction of sp³-hybridized carbons (Fsp3) is 0.611. The van der Waals surface area contributed by atoms with Crippen LogP contribution in [-0.4, -0.2) is 37.5 Å². The van der Waals surface area contributed by atoms with E-state index in [4.69, 9.17) is 4.74 Å². The van der Waals surface area contributed by atoms with Crippen molar-refractivity contribution < 1.29 is 14.6 Å². The number of rotatable bonds is 3. The fourth-order valence-corrected chi connectivity index (χ4v) is 3.39. The predicted octanol–water partition coefficient (Wildman–Crippen LogP) is 3.15. The Balaban J connectivity index is 1.87. The molecule has 0 unspecified atom stereocenters. The molecule has 1 fully saturated rings. The molecule has 7 heteroatoms. The van der Waals surface area contributed by atoms with Gasteiger partial charge in [0.15, 0.2) is 0 Å². The number of carbonyl (C=O) groups is 1. The number of aliphatic hydroxyl groups is 1. The lowest BCUT2D eigenvalue weighted by atomic mass is 9.80. The number of carbonyl (C=O) groups excluding carboxylic acids is 1. The summed E-state index contributed by atoms with van der Waals surface area (Å²) in [6.07, 6.45) is 4.78. The van der Waals surface area contributed by atoms with Crippen molar-refractivity contribution in [2.24, 2.45) is 0 Å². The van der Waals surface area contributed by atoms with Gasteiger partial charge >= 0.3 is 6.09 Å². The van der Waals surface area contributed by atoms with E-state index in [1.807, 2.05) is 18.2 Å². The highest BCUT2D eigenvalue weighted by molar-refractivity contribution is 5.83. The van der Waals surface area contributed by atoms with E-state index in [-0.39, 0.29) is 0 Å². The highest BCUT2D eigenvalue weighted by atomic mass is 16.6. The van der Waals surface area contributed by atoms with Crippen molar-refractivity contribution in [3.63, 3.8) is 0 Å². The molecule has 1 aliphatic carbocycles. The topological polar surface area (TPSA) is 89.3 Å². The first-order valence-electron chi connectivity index (χ1n) is 8.82. The number of amides is 1. The van der Waals surface area contributed by atoms with E-state index in [9.17, 15) is 9.90 Å². The van der Waals surface area contributed by atoms with Gasteiger partial charge in [-0.05, 0) is 50.5 Å². The van der Waals surface area contributed by atoms with Gasteiger partial charge < -0.3 is 9.84 Å². The first-order valence-corrected chi connectivity index (χ1v) is 8.82. The third kappa shape index (κ3) is 4.28. The Bertz CT molecular complexity index is 757. The van der Waals surface area contributed by atoms with E-state index < -0.39 is 17.3 Å². The number of benzene rings is 1. The van der Waals surface area contributed by atoms with Crippen molar-refractivity contribution in [3.8, 4) is 0 Å². The number of para-hydroxylation sites is 1. The summed E-state index contributed by atoms with van der Waals surface area (Å²) in [6.45, 7) is 5.40. The molecule has 2 aromatic rings. The Hall–Kier alpha value is -2.15. The number of nitrogens with one attached hydrogen (secondary N) is 1. The number of hydrogen-bond donors (Lipinski definition) is 2. The molecule has 0 aliphatic heterocycles. The van der Waals surface area contributed by atoms with Gasteiger partial charge in [0.05, 0.1) is 5.60 Å². The fourth-order valence-electron chi connectivity index (χ4n) is 3.39. The summed E-state index contributed by atoms with van der Waals surface area (Å²) >= 11 is 0. The molecule has 1 saturated carbocycles. The number of hydrogen-bond acceptors (Lipinski definition) is 5. The van der Waals surface area contributed by atoms with Crippen LogP contribution in [0, 0.1) is 0 Å². The van der Waals surface area contributed by atoms with Crippen LogP contribution in [0.2, 0.25) is 0 Å². The maximum Gasteiger partial charge on any atom is 0.428 e. The Morgan fingerprint density at radius 2 is 2.04 bits per heavy atom. The minimum atomic E-state index is -0.701. The molecule has 1 aliphatic rings. The zero-order valence-electron chi connectivity index (χ0n) is 15.1. The molecule has 136 valence electrons. The summed E-state index contributed by atoms with van der Waals surface area (Å²) in [6, 6.07) is 5.69. The van der Waals surface area contributed by atoms with Crippen LogP contribution in [0.4, 0.5) is 4.79 Å². The van der Waals surface area contributed by atoms with Crippen LogP contribution in [0.1, 0.15) is 58.4 Å². The molecular formula is C18H26N4O3. The van der Waals surface area contributed by atoms with Crippen LogP contribution in [0.25, 0.3) is 11.0 Å².